The molecule has 0 heterocycles. The lowest BCUT2D eigenvalue weighted by Gasteiger charge is -2.07. The fraction of sp³-hybridized carbons (Fsp3) is 0.385. The second-order valence-electron chi connectivity index (χ2n) is 3.97. The summed E-state index contributed by atoms with van der Waals surface area (Å²) in [7, 11) is 0. The molecule has 0 saturated carbocycles. The van der Waals surface area contributed by atoms with E-state index in [1.165, 1.54) is 0 Å². The van der Waals surface area contributed by atoms with E-state index in [0.29, 0.717) is 5.92 Å². The normalized spacial score (nSPS) is 13.7. The van der Waals surface area contributed by atoms with E-state index in [1.54, 1.807) is 0 Å². The monoisotopic (exact) mass is 190 g/mol. The molecule has 0 saturated heterocycles. The molecule has 0 aromatic heterocycles. The van der Waals surface area contributed by atoms with Crippen molar-refractivity contribution in [2.45, 2.75) is 26.4 Å². The zero-order chi connectivity index (χ0) is 10.4. The van der Waals surface area contributed by atoms with E-state index in [2.05, 4.69) is 13.8 Å². The number of benzene rings is 1. The van der Waals surface area contributed by atoms with Crippen LogP contribution in [0.5, 0.6) is 0 Å². The van der Waals surface area contributed by atoms with Crippen molar-refractivity contribution >= 4 is 6.08 Å². The first kappa shape index (κ1) is 11.0. The van der Waals surface area contributed by atoms with E-state index in [0.717, 1.165) is 12.0 Å². The number of aliphatic hydroxyl groups excluding tert-OH is 1. The van der Waals surface area contributed by atoms with Gasteiger partial charge in [0.1, 0.15) is 0 Å². The van der Waals surface area contributed by atoms with Crippen LogP contribution in [0.4, 0.5) is 0 Å². The minimum Gasteiger partial charge on any atom is -0.389 e. The van der Waals surface area contributed by atoms with Crippen LogP contribution in [0.3, 0.4) is 0 Å². The SMILES string of the molecule is CC(C)C[C@H](O)/C=C/c1ccccc1. The molecule has 1 rings (SSSR count). The third kappa shape index (κ3) is 4.24. The average Bonchev–Trinajstić information content (AvgIpc) is 2.15. The minimum atomic E-state index is -0.324. The van der Waals surface area contributed by atoms with Gasteiger partial charge in [0.25, 0.3) is 0 Å². The molecule has 1 aromatic rings. The van der Waals surface area contributed by atoms with Crippen molar-refractivity contribution in [3.05, 3.63) is 42.0 Å². The highest BCUT2D eigenvalue weighted by Crippen LogP contribution is 2.08. The van der Waals surface area contributed by atoms with Gasteiger partial charge in [-0.15, -0.1) is 0 Å². The van der Waals surface area contributed by atoms with Gasteiger partial charge in [-0.1, -0.05) is 56.3 Å². The largest absolute Gasteiger partial charge is 0.389 e. The minimum absolute atomic E-state index is 0.324. The highest BCUT2D eigenvalue weighted by atomic mass is 16.3. The Balaban J connectivity index is 2.48. The van der Waals surface area contributed by atoms with Crippen LogP contribution in [0.2, 0.25) is 0 Å². The average molecular weight is 190 g/mol. The van der Waals surface area contributed by atoms with Crippen molar-refractivity contribution in [3.8, 4) is 0 Å². The Morgan fingerprint density at radius 3 is 2.43 bits per heavy atom. The zero-order valence-corrected chi connectivity index (χ0v) is 8.85. The molecule has 0 aliphatic heterocycles. The molecule has 1 atom stereocenters. The van der Waals surface area contributed by atoms with Crippen molar-refractivity contribution < 1.29 is 5.11 Å². The van der Waals surface area contributed by atoms with E-state index in [-0.39, 0.29) is 6.10 Å². The molecular weight excluding hydrogens is 172 g/mol. The fourth-order valence-electron chi connectivity index (χ4n) is 1.35. The van der Waals surface area contributed by atoms with Crippen molar-refractivity contribution in [2.75, 3.05) is 0 Å². The Morgan fingerprint density at radius 2 is 1.86 bits per heavy atom. The quantitative estimate of drug-likeness (QED) is 0.773. The van der Waals surface area contributed by atoms with Gasteiger partial charge in [-0.3, -0.25) is 0 Å². The van der Waals surface area contributed by atoms with E-state index in [4.69, 9.17) is 0 Å². The van der Waals surface area contributed by atoms with Crippen molar-refractivity contribution in [1.29, 1.82) is 0 Å². The fourth-order valence-corrected chi connectivity index (χ4v) is 1.35. The number of rotatable bonds is 4. The first-order chi connectivity index (χ1) is 6.68. The van der Waals surface area contributed by atoms with Crippen LogP contribution in [0.25, 0.3) is 6.08 Å². The van der Waals surface area contributed by atoms with Crippen LogP contribution in [0, 0.1) is 5.92 Å². The maximum atomic E-state index is 9.59. The Labute approximate surface area is 86.1 Å². The highest BCUT2D eigenvalue weighted by Gasteiger charge is 2.01. The van der Waals surface area contributed by atoms with E-state index >= 15 is 0 Å². The molecule has 0 aliphatic rings. The molecule has 1 heteroatoms. The van der Waals surface area contributed by atoms with Gasteiger partial charge >= 0.3 is 0 Å². The Kier molecular flexibility index (Phi) is 4.41. The second kappa shape index (κ2) is 5.61. The van der Waals surface area contributed by atoms with Gasteiger partial charge < -0.3 is 5.11 Å². The molecule has 0 fully saturated rings. The van der Waals surface area contributed by atoms with Crippen LogP contribution in [0.1, 0.15) is 25.8 Å². The predicted octanol–water partition coefficient (Wildman–Crippen LogP) is 3.11. The van der Waals surface area contributed by atoms with Gasteiger partial charge in [0.15, 0.2) is 0 Å². The molecule has 76 valence electrons. The molecule has 0 radical (unpaired) electrons. The molecule has 0 unspecified atom stereocenters. The summed E-state index contributed by atoms with van der Waals surface area (Å²) < 4.78 is 0. The zero-order valence-electron chi connectivity index (χ0n) is 8.85. The summed E-state index contributed by atoms with van der Waals surface area (Å²) in [5, 5.41) is 9.59. The number of hydrogen-bond donors (Lipinski definition) is 1. The van der Waals surface area contributed by atoms with Crippen molar-refractivity contribution in [1.82, 2.24) is 0 Å². The molecule has 1 aromatic carbocycles. The lowest BCUT2D eigenvalue weighted by Crippen LogP contribution is -2.05. The highest BCUT2D eigenvalue weighted by molar-refractivity contribution is 5.49. The maximum Gasteiger partial charge on any atom is 0.0726 e. The van der Waals surface area contributed by atoms with Crippen LogP contribution in [-0.4, -0.2) is 11.2 Å². The van der Waals surface area contributed by atoms with E-state index in [1.807, 2.05) is 42.5 Å². The summed E-state index contributed by atoms with van der Waals surface area (Å²) in [4.78, 5) is 0. The second-order valence-corrected chi connectivity index (χ2v) is 3.97. The van der Waals surface area contributed by atoms with Gasteiger partial charge in [0.05, 0.1) is 6.10 Å². The molecule has 1 N–H and O–H groups in total. The van der Waals surface area contributed by atoms with Crippen molar-refractivity contribution in [3.63, 3.8) is 0 Å². The van der Waals surface area contributed by atoms with Crippen molar-refractivity contribution in [2.24, 2.45) is 5.92 Å². The summed E-state index contributed by atoms with van der Waals surface area (Å²) in [5.41, 5.74) is 1.13. The molecule has 0 aliphatic carbocycles. The van der Waals surface area contributed by atoms with Gasteiger partial charge in [-0.05, 0) is 17.9 Å². The number of hydrogen-bond acceptors (Lipinski definition) is 1. The smallest absolute Gasteiger partial charge is 0.0726 e. The lowest BCUT2D eigenvalue weighted by molar-refractivity contribution is 0.195. The Bertz CT molecular complexity index is 275. The topological polar surface area (TPSA) is 20.2 Å². The summed E-state index contributed by atoms with van der Waals surface area (Å²) in [5.74, 6) is 0.533. The Morgan fingerprint density at radius 1 is 1.21 bits per heavy atom. The lowest BCUT2D eigenvalue weighted by atomic mass is 10.1. The summed E-state index contributed by atoms with van der Waals surface area (Å²) in [6, 6.07) is 10.0. The Hall–Kier alpha value is -1.08. The van der Waals surface area contributed by atoms with Gasteiger partial charge in [0.2, 0.25) is 0 Å². The first-order valence-electron chi connectivity index (χ1n) is 5.10. The summed E-state index contributed by atoms with van der Waals surface area (Å²) in [6.45, 7) is 4.22. The van der Waals surface area contributed by atoms with Gasteiger partial charge in [0, 0.05) is 0 Å². The third-order valence-electron chi connectivity index (χ3n) is 2.02. The molecule has 0 spiro atoms. The van der Waals surface area contributed by atoms with Crippen LogP contribution in [-0.2, 0) is 0 Å². The molecule has 14 heavy (non-hydrogen) atoms. The van der Waals surface area contributed by atoms with Gasteiger partial charge in [-0.2, -0.15) is 0 Å². The molecule has 0 amide bonds. The maximum absolute atomic E-state index is 9.59. The first-order valence-corrected chi connectivity index (χ1v) is 5.10. The van der Waals surface area contributed by atoms with E-state index < -0.39 is 0 Å². The molecule has 0 bridgehead atoms. The van der Waals surface area contributed by atoms with E-state index in [9.17, 15) is 5.11 Å². The van der Waals surface area contributed by atoms with Crippen LogP contribution in [0.15, 0.2) is 36.4 Å². The van der Waals surface area contributed by atoms with Crippen LogP contribution < -0.4 is 0 Å². The van der Waals surface area contributed by atoms with Crippen LogP contribution >= 0.6 is 0 Å². The predicted molar refractivity (Wildman–Crippen MR) is 60.9 cm³/mol. The third-order valence-corrected chi connectivity index (χ3v) is 2.02. The molecular formula is C13H18O. The molecule has 1 nitrogen and oxygen atoms in total. The van der Waals surface area contributed by atoms with Gasteiger partial charge in [-0.25, -0.2) is 0 Å². The number of aliphatic hydroxyl groups is 1. The standard InChI is InChI=1S/C13H18O/c1-11(2)10-13(14)9-8-12-6-4-3-5-7-12/h3-9,11,13-14H,10H2,1-2H3/b9-8+/t13-/m1/s1. The summed E-state index contributed by atoms with van der Waals surface area (Å²) in [6.07, 6.45) is 4.32. The summed E-state index contributed by atoms with van der Waals surface area (Å²) >= 11 is 0.